The van der Waals surface area contributed by atoms with E-state index in [2.05, 4.69) is 11.2 Å². The molecule has 1 aliphatic heterocycles. The molecule has 122 valence electrons. The number of ether oxygens (including phenoxy) is 1. The van der Waals surface area contributed by atoms with Crippen molar-refractivity contribution in [1.82, 2.24) is 4.90 Å². The lowest BCUT2D eigenvalue weighted by molar-refractivity contribution is -0.159. The van der Waals surface area contributed by atoms with Gasteiger partial charge in [-0.15, -0.1) is 0 Å². The Morgan fingerprint density at radius 1 is 1.36 bits per heavy atom. The van der Waals surface area contributed by atoms with Gasteiger partial charge in [-0.1, -0.05) is 11.6 Å². The number of carboxylic acids is 1. The minimum absolute atomic E-state index is 0.504. The van der Waals surface area contributed by atoms with Gasteiger partial charge >= 0.3 is 5.97 Å². The highest BCUT2D eigenvalue weighted by Crippen LogP contribution is 2.30. The van der Waals surface area contributed by atoms with Crippen molar-refractivity contribution in [2.24, 2.45) is 0 Å². The van der Waals surface area contributed by atoms with E-state index >= 15 is 0 Å². The van der Waals surface area contributed by atoms with Gasteiger partial charge in [-0.3, -0.25) is 0 Å². The van der Waals surface area contributed by atoms with Gasteiger partial charge in [0, 0.05) is 31.0 Å². The largest absolute Gasteiger partial charge is 0.478 e. The summed E-state index contributed by atoms with van der Waals surface area (Å²) in [5, 5.41) is 10.2. The number of aliphatic carboxylic acids is 1. The van der Waals surface area contributed by atoms with Crippen LogP contribution in [0.25, 0.3) is 0 Å². The first-order valence-electron chi connectivity index (χ1n) is 7.45. The highest BCUT2D eigenvalue weighted by atomic mass is 35.5. The molecule has 1 aromatic rings. The van der Waals surface area contributed by atoms with Crippen LogP contribution < -0.4 is 4.74 Å². The van der Waals surface area contributed by atoms with E-state index in [1.54, 1.807) is 24.3 Å². The highest BCUT2D eigenvalue weighted by Gasteiger charge is 2.43. The van der Waals surface area contributed by atoms with Crippen LogP contribution in [-0.4, -0.2) is 53.2 Å². The minimum Gasteiger partial charge on any atom is -0.478 e. The minimum atomic E-state index is -1.12. The Morgan fingerprint density at radius 3 is 2.55 bits per heavy atom. The topological polar surface area (TPSA) is 49.8 Å². The van der Waals surface area contributed by atoms with E-state index < -0.39 is 11.6 Å². The second-order valence-corrected chi connectivity index (χ2v) is 6.97. The first-order valence-corrected chi connectivity index (χ1v) is 9.22. The number of likely N-dealkylation sites (tertiary alicyclic amines) is 1. The predicted octanol–water partition coefficient (Wildman–Crippen LogP) is 3.39. The molecule has 6 heteroatoms. The van der Waals surface area contributed by atoms with Gasteiger partial charge in [-0.25, -0.2) is 4.79 Å². The molecule has 0 amide bonds. The van der Waals surface area contributed by atoms with Gasteiger partial charge in [0.25, 0.3) is 0 Å². The van der Waals surface area contributed by atoms with Crippen LogP contribution in [0, 0.1) is 0 Å². The lowest BCUT2D eigenvalue weighted by Crippen LogP contribution is -2.53. The van der Waals surface area contributed by atoms with Crippen molar-refractivity contribution in [1.29, 1.82) is 0 Å². The molecule has 1 fully saturated rings. The summed E-state index contributed by atoms with van der Waals surface area (Å²) in [6, 6.07) is 6.86. The maximum absolute atomic E-state index is 11.7. The van der Waals surface area contributed by atoms with E-state index in [1.165, 1.54) is 0 Å². The lowest BCUT2D eigenvalue weighted by Gasteiger charge is -2.38. The van der Waals surface area contributed by atoms with Crippen molar-refractivity contribution in [2.75, 3.05) is 31.6 Å². The Bertz CT molecular complexity index is 487. The predicted molar refractivity (Wildman–Crippen MR) is 91.1 cm³/mol. The number of hydrogen-bond acceptors (Lipinski definition) is 4. The summed E-state index contributed by atoms with van der Waals surface area (Å²) in [6.45, 7) is 2.54. The monoisotopic (exact) mass is 343 g/mol. The number of nitrogens with zero attached hydrogens (tertiary/aromatic N) is 1. The maximum Gasteiger partial charge on any atom is 0.348 e. The van der Waals surface area contributed by atoms with Crippen LogP contribution in [0.15, 0.2) is 24.3 Å². The number of piperidine rings is 1. The molecule has 0 unspecified atom stereocenters. The van der Waals surface area contributed by atoms with Crippen molar-refractivity contribution in [3.8, 4) is 5.75 Å². The summed E-state index contributed by atoms with van der Waals surface area (Å²) in [5.41, 5.74) is -1.12. The van der Waals surface area contributed by atoms with E-state index in [0.29, 0.717) is 23.6 Å². The molecule has 2 rings (SSSR count). The van der Waals surface area contributed by atoms with Crippen molar-refractivity contribution >= 4 is 29.3 Å². The molecule has 0 bridgehead atoms. The Balaban J connectivity index is 1.96. The van der Waals surface area contributed by atoms with Crippen LogP contribution in [0.1, 0.15) is 19.3 Å². The fourth-order valence-electron chi connectivity index (χ4n) is 2.66. The van der Waals surface area contributed by atoms with Crippen LogP contribution in [0.4, 0.5) is 0 Å². The van der Waals surface area contributed by atoms with E-state index in [4.69, 9.17) is 16.3 Å². The van der Waals surface area contributed by atoms with E-state index in [9.17, 15) is 9.90 Å². The van der Waals surface area contributed by atoms with Crippen molar-refractivity contribution in [3.63, 3.8) is 0 Å². The zero-order valence-electron chi connectivity index (χ0n) is 12.8. The number of hydrogen-bond donors (Lipinski definition) is 1. The molecule has 0 spiro atoms. The molecule has 1 aliphatic rings. The summed E-state index contributed by atoms with van der Waals surface area (Å²) in [6.07, 6.45) is 4.25. The number of rotatable bonds is 7. The Labute approximate surface area is 140 Å². The molecular weight excluding hydrogens is 322 g/mol. The number of thioether (sulfide) groups is 1. The molecular formula is C16H22ClNO3S. The number of halogens is 1. The van der Waals surface area contributed by atoms with Crippen molar-refractivity contribution < 1.29 is 14.6 Å². The highest BCUT2D eigenvalue weighted by molar-refractivity contribution is 7.98. The van der Waals surface area contributed by atoms with E-state index in [0.717, 1.165) is 31.8 Å². The van der Waals surface area contributed by atoms with Crippen LogP contribution in [0.3, 0.4) is 0 Å². The zero-order valence-corrected chi connectivity index (χ0v) is 14.3. The van der Waals surface area contributed by atoms with E-state index in [-0.39, 0.29) is 0 Å². The second kappa shape index (κ2) is 8.09. The molecule has 0 aromatic heterocycles. The van der Waals surface area contributed by atoms with Crippen molar-refractivity contribution in [3.05, 3.63) is 29.3 Å². The van der Waals surface area contributed by atoms with Gasteiger partial charge in [0.2, 0.25) is 5.60 Å². The third kappa shape index (κ3) is 4.54. The average molecular weight is 344 g/mol. The first kappa shape index (κ1) is 17.4. The standard InChI is InChI=1S/C16H22ClNO3S/c1-22-12-2-9-18-10-7-16(8-11-18,15(19)20)21-14-5-3-13(17)4-6-14/h3-6H,2,7-12H2,1H3,(H,19,20). The molecule has 1 N–H and O–H groups in total. The lowest BCUT2D eigenvalue weighted by atomic mass is 9.91. The van der Waals surface area contributed by atoms with E-state index in [1.807, 2.05) is 11.8 Å². The third-order valence-corrected chi connectivity index (χ3v) is 4.95. The summed E-state index contributed by atoms with van der Waals surface area (Å²) in [5.74, 6) is 0.816. The van der Waals surface area contributed by atoms with Gasteiger partial charge in [0.1, 0.15) is 5.75 Å². The molecule has 1 aromatic carbocycles. The van der Waals surface area contributed by atoms with Gasteiger partial charge < -0.3 is 14.7 Å². The molecule has 0 radical (unpaired) electrons. The van der Waals surface area contributed by atoms with Gasteiger partial charge in [0.05, 0.1) is 0 Å². The summed E-state index contributed by atoms with van der Waals surface area (Å²) in [4.78, 5) is 14.1. The SMILES string of the molecule is CSCCCN1CCC(Oc2ccc(Cl)cc2)(C(=O)O)CC1. The van der Waals surface area contributed by atoms with Crippen LogP contribution in [0.5, 0.6) is 5.75 Å². The quantitative estimate of drug-likeness (QED) is 0.769. The fraction of sp³-hybridized carbons (Fsp3) is 0.562. The Hall–Kier alpha value is -0.910. The number of carboxylic acid groups (broad SMARTS) is 1. The van der Waals surface area contributed by atoms with Gasteiger partial charge in [-0.2, -0.15) is 11.8 Å². The second-order valence-electron chi connectivity index (χ2n) is 5.54. The molecule has 0 saturated carbocycles. The van der Waals surface area contributed by atoms with Crippen LogP contribution in [-0.2, 0) is 4.79 Å². The summed E-state index contributed by atoms with van der Waals surface area (Å²) >= 11 is 7.69. The Kier molecular flexibility index (Phi) is 6.41. The molecule has 0 atom stereocenters. The van der Waals surface area contributed by atoms with Gasteiger partial charge in [-0.05, 0) is 49.2 Å². The fourth-order valence-corrected chi connectivity index (χ4v) is 3.20. The smallest absolute Gasteiger partial charge is 0.348 e. The molecule has 1 saturated heterocycles. The first-order chi connectivity index (χ1) is 10.6. The van der Waals surface area contributed by atoms with Crippen molar-refractivity contribution in [2.45, 2.75) is 24.9 Å². The molecule has 22 heavy (non-hydrogen) atoms. The van der Waals surface area contributed by atoms with Crippen LogP contribution in [0.2, 0.25) is 5.02 Å². The maximum atomic E-state index is 11.7. The third-order valence-electron chi connectivity index (χ3n) is 4.00. The normalized spacial score (nSPS) is 18.1. The van der Waals surface area contributed by atoms with Gasteiger partial charge in [0.15, 0.2) is 0 Å². The average Bonchev–Trinajstić information content (AvgIpc) is 2.51. The Morgan fingerprint density at radius 2 is 2.00 bits per heavy atom. The molecule has 0 aliphatic carbocycles. The number of benzene rings is 1. The number of carbonyl (C=O) groups is 1. The summed E-state index contributed by atoms with van der Waals surface area (Å²) in [7, 11) is 0. The summed E-state index contributed by atoms with van der Waals surface area (Å²) < 4.78 is 5.84. The van der Waals surface area contributed by atoms with Crippen LogP contribution >= 0.6 is 23.4 Å². The molecule has 1 heterocycles. The molecule has 4 nitrogen and oxygen atoms in total. The zero-order chi connectivity index (χ0) is 16.0.